The van der Waals surface area contributed by atoms with E-state index in [0.29, 0.717) is 12.5 Å². The molecule has 0 bridgehead atoms. The van der Waals surface area contributed by atoms with Gasteiger partial charge in [0.25, 0.3) is 0 Å². The fourth-order valence-electron chi connectivity index (χ4n) is 8.96. The maximum Gasteiger partial charge on any atom is 0.308 e. The van der Waals surface area contributed by atoms with Crippen LogP contribution in [0, 0.1) is 11.8 Å². The van der Waals surface area contributed by atoms with Gasteiger partial charge >= 0.3 is 5.97 Å². The van der Waals surface area contributed by atoms with Crippen molar-refractivity contribution in [2.45, 2.75) is 323 Å². The summed E-state index contributed by atoms with van der Waals surface area (Å²) in [6.45, 7) is 9.90. The summed E-state index contributed by atoms with van der Waals surface area (Å²) in [7, 11) is 0. The summed E-state index contributed by atoms with van der Waals surface area (Å²) >= 11 is 0. The van der Waals surface area contributed by atoms with E-state index in [-0.39, 0.29) is 11.9 Å². The Hall–Kier alpha value is -0.530. The average molecular weight is 789 g/mol. The van der Waals surface area contributed by atoms with Crippen LogP contribution in [-0.2, 0) is 9.53 Å². The number of carbonyl (C=O) groups excluding carboxylic acids is 1. The highest BCUT2D eigenvalue weighted by molar-refractivity contribution is 5.72. The lowest BCUT2D eigenvalue weighted by Gasteiger charge is -2.21. The van der Waals surface area contributed by atoms with Gasteiger partial charge in [-0.2, -0.15) is 0 Å². The van der Waals surface area contributed by atoms with E-state index in [2.05, 4.69) is 27.7 Å². The molecule has 2 nitrogen and oxygen atoms in total. The Balaban J connectivity index is 4.71. The minimum Gasteiger partial charge on any atom is -0.465 e. The number of hydrogen-bond donors (Lipinski definition) is 0. The molecule has 0 fully saturated rings. The fraction of sp³-hybridized carbons (Fsp3) is 0.981. The Labute approximate surface area is 355 Å². The Bertz CT molecular complexity index is 717. The third kappa shape index (κ3) is 43.1. The van der Waals surface area contributed by atoms with Crippen LogP contribution in [-0.4, -0.2) is 12.6 Å². The van der Waals surface area contributed by atoms with E-state index in [1.165, 1.54) is 283 Å². The molecule has 0 saturated carbocycles. The predicted octanol–water partition coefficient (Wildman–Crippen LogP) is 19.8. The highest BCUT2D eigenvalue weighted by Crippen LogP contribution is 2.25. The van der Waals surface area contributed by atoms with Crippen molar-refractivity contribution in [3.63, 3.8) is 0 Å². The molecule has 0 radical (unpaired) electrons. The molecular formula is C54H108O2. The monoisotopic (exact) mass is 789 g/mol. The predicted molar refractivity (Wildman–Crippen MR) is 253 cm³/mol. The van der Waals surface area contributed by atoms with E-state index in [1.54, 1.807) is 0 Å². The molecule has 0 aromatic rings. The summed E-state index contributed by atoms with van der Waals surface area (Å²) in [6.07, 6.45) is 62.6. The van der Waals surface area contributed by atoms with E-state index in [9.17, 15) is 4.79 Å². The number of hydrogen-bond acceptors (Lipinski definition) is 2. The van der Waals surface area contributed by atoms with Gasteiger partial charge in [0, 0.05) is 0 Å². The molecular weight excluding hydrogens is 681 g/mol. The van der Waals surface area contributed by atoms with Gasteiger partial charge in [-0.1, -0.05) is 297 Å². The van der Waals surface area contributed by atoms with Gasteiger partial charge in [-0.25, -0.2) is 0 Å². The van der Waals surface area contributed by atoms with Gasteiger partial charge in [-0.3, -0.25) is 4.79 Å². The van der Waals surface area contributed by atoms with Crippen LogP contribution in [0.1, 0.15) is 323 Å². The maximum atomic E-state index is 13.7. The zero-order valence-corrected chi connectivity index (χ0v) is 39.7. The first-order chi connectivity index (χ1) is 27.7. The standard InChI is InChI=1S/C54H108O2/c1-5-9-13-17-21-25-27-29-30-32-34-38-42-46-50-53(49-45-41-37-24-20-16-12-8-4)54(55)56-51-52(47-43-39-35-23-19-15-11-7-3)48-44-40-36-33-31-28-26-22-18-14-10-6-2/h52-53H,5-51H2,1-4H3. The molecule has 0 N–H and O–H groups in total. The van der Waals surface area contributed by atoms with Crippen LogP contribution in [0.15, 0.2) is 0 Å². The number of carbonyl (C=O) groups is 1. The Morgan fingerprint density at radius 1 is 0.286 bits per heavy atom. The topological polar surface area (TPSA) is 26.3 Å². The molecule has 0 aromatic carbocycles. The minimum atomic E-state index is 0.128. The summed E-state index contributed by atoms with van der Waals surface area (Å²) in [5.74, 6) is 0.841. The smallest absolute Gasteiger partial charge is 0.308 e. The van der Waals surface area contributed by atoms with Gasteiger partial charge in [0.2, 0.25) is 0 Å². The molecule has 0 rings (SSSR count). The number of esters is 1. The number of ether oxygens (including phenoxy) is 1. The van der Waals surface area contributed by atoms with Crippen LogP contribution >= 0.6 is 0 Å². The normalized spacial score (nSPS) is 12.7. The van der Waals surface area contributed by atoms with Crippen LogP contribution in [0.2, 0.25) is 0 Å². The van der Waals surface area contributed by atoms with E-state index in [1.807, 2.05) is 0 Å². The highest BCUT2D eigenvalue weighted by Gasteiger charge is 2.21. The Morgan fingerprint density at radius 2 is 0.482 bits per heavy atom. The maximum absolute atomic E-state index is 13.7. The van der Waals surface area contributed by atoms with Gasteiger partial charge < -0.3 is 4.74 Å². The minimum absolute atomic E-state index is 0.128. The van der Waals surface area contributed by atoms with Gasteiger partial charge in [-0.05, 0) is 31.6 Å². The van der Waals surface area contributed by atoms with Crippen molar-refractivity contribution >= 4 is 5.97 Å². The third-order valence-electron chi connectivity index (χ3n) is 13.0. The summed E-state index contributed by atoms with van der Waals surface area (Å²) in [6, 6.07) is 0. The molecule has 2 atom stereocenters. The van der Waals surface area contributed by atoms with Crippen molar-refractivity contribution in [1.29, 1.82) is 0 Å². The van der Waals surface area contributed by atoms with Gasteiger partial charge in [0.15, 0.2) is 0 Å². The SMILES string of the molecule is CCCCCCCCCCCCCCCCC(CCCCCCCCCC)C(=O)OCC(CCCCCCCCCC)CCCCCCCCCCCCCC. The first-order valence-corrected chi connectivity index (χ1v) is 26.9. The lowest BCUT2D eigenvalue weighted by Crippen LogP contribution is -2.22. The van der Waals surface area contributed by atoms with Crippen molar-refractivity contribution in [3.05, 3.63) is 0 Å². The van der Waals surface area contributed by atoms with Crippen molar-refractivity contribution < 1.29 is 9.53 Å². The molecule has 0 amide bonds. The van der Waals surface area contributed by atoms with Crippen LogP contribution in [0.5, 0.6) is 0 Å². The molecule has 0 aliphatic heterocycles. The number of rotatable bonds is 49. The molecule has 2 heteroatoms. The zero-order valence-electron chi connectivity index (χ0n) is 39.7. The first-order valence-electron chi connectivity index (χ1n) is 26.9. The molecule has 0 aromatic heterocycles. The second kappa shape index (κ2) is 48.8. The highest BCUT2D eigenvalue weighted by atomic mass is 16.5. The van der Waals surface area contributed by atoms with Crippen molar-refractivity contribution in [2.75, 3.05) is 6.61 Å². The molecule has 0 aliphatic rings. The first kappa shape index (κ1) is 55.5. The largest absolute Gasteiger partial charge is 0.465 e. The Kier molecular flexibility index (Phi) is 48.4. The van der Waals surface area contributed by atoms with Gasteiger partial charge in [0.1, 0.15) is 0 Å². The second-order valence-corrected chi connectivity index (χ2v) is 18.8. The summed E-state index contributed by atoms with van der Waals surface area (Å²) in [4.78, 5) is 13.7. The van der Waals surface area contributed by atoms with Crippen LogP contribution < -0.4 is 0 Å². The molecule has 0 heterocycles. The lowest BCUT2D eigenvalue weighted by molar-refractivity contribution is -0.150. The van der Waals surface area contributed by atoms with Crippen LogP contribution in [0.3, 0.4) is 0 Å². The quantitative estimate of drug-likeness (QED) is 0.0453. The van der Waals surface area contributed by atoms with E-state index < -0.39 is 0 Å². The number of unbranched alkanes of at least 4 members (excludes halogenated alkanes) is 38. The summed E-state index contributed by atoms with van der Waals surface area (Å²) in [5.41, 5.74) is 0. The summed E-state index contributed by atoms with van der Waals surface area (Å²) in [5, 5.41) is 0. The van der Waals surface area contributed by atoms with Gasteiger partial charge in [-0.15, -0.1) is 0 Å². The van der Waals surface area contributed by atoms with Crippen molar-refractivity contribution in [1.82, 2.24) is 0 Å². The average Bonchev–Trinajstić information content (AvgIpc) is 3.21. The van der Waals surface area contributed by atoms with E-state index >= 15 is 0 Å². The van der Waals surface area contributed by atoms with Gasteiger partial charge in [0.05, 0.1) is 12.5 Å². The molecule has 56 heavy (non-hydrogen) atoms. The molecule has 0 saturated heterocycles. The third-order valence-corrected chi connectivity index (χ3v) is 13.0. The molecule has 336 valence electrons. The molecule has 0 spiro atoms. The van der Waals surface area contributed by atoms with Crippen LogP contribution in [0.4, 0.5) is 0 Å². The zero-order chi connectivity index (χ0) is 40.7. The second-order valence-electron chi connectivity index (χ2n) is 18.8. The Morgan fingerprint density at radius 3 is 0.714 bits per heavy atom. The lowest BCUT2D eigenvalue weighted by atomic mass is 9.93. The fourth-order valence-corrected chi connectivity index (χ4v) is 8.96. The van der Waals surface area contributed by atoms with Crippen molar-refractivity contribution in [3.8, 4) is 0 Å². The van der Waals surface area contributed by atoms with Crippen LogP contribution in [0.25, 0.3) is 0 Å². The summed E-state index contributed by atoms with van der Waals surface area (Å²) < 4.78 is 6.30. The molecule has 2 unspecified atom stereocenters. The molecule has 0 aliphatic carbocycles. The van der Waals surface area contributed by atoms with E-state index in [4.69, 9.17) is 4.74 Å². The van der Waals surface area contributed by atoms with E-state index in [0.717, 1.165) is 12.8 Å². The van der Waals surface area contributed by atoms with Crippen molar-refractivity contribution in [2.24, 2.45) is 11.8 Å².